The van der Waals surface area contributed by atoms with Gasteiger partial charge >= 0.3 is 5.97 Å². The van der Waals surface area contributed by atoms with Gasteiger partial charge in [0, 0.05) is 18.5 Å². The van der Waals surface area contributed by atoms with Gasteiger partial charge in [0.2, 0.25) is 0 Å². The van der Waals surface area contributed by atoms with Crippen LogP contribution in [-0.2, 0) is 23.1 Å². The van der Waals surface area contributed by atoms with Crippen LogP contribution in [0.3, 0.4) is 0 Å². The summed E-state index contributed by atoms with van der Waals surface area (Å²) in [6.45, 7) is 24.3. The molecule has 1 aliphatic rings. The molecule has 1 aliphatic carbocycles. The van der Waals surface area contributed by atoms with Crippen molar-refractivity contribution >= 4 is 40.0 Å². The summed E-state index contributed by atoms with van der Waals surface area (Å²) in [5, 5.41) is 0.310. The van der Waals surface area contributed by atoms with Gasteiger partial charge in [0.25, 0.3) is 5.17 Å². The highest BCUT2D eigenvalue weighted by Crippen LogP contribution is 2.43. The SMILES string of the molecule is CCOC(=O)C=C1C[C@@H](O[Si](C)(C)C(C)(C)C)C(OC(=S)n2ccnc2)[C@H](O[Si](C)(C)C(C)(C)C)C1. The Hall–Kier alpha value is -1.34. The van der Waals surface area contributed by atoms with Crippen LogP contribution in [0.15, 0.2) is 30.4 Å². The maximum Gasteiger partial charge on any atom is 0.330 e. The lowest BCUT2D eigenvalue weighted by molar-refractivity contribution is -0.137. The van der Waals surface area contributed by atoms with Crippen LogP contribution in [0.4, 0.5) is 0 Å². The fraction of sp³-hybridized carbons (Fsp3) is 0.731. The topological polar surface area (TPSA) is 71.8 Å². The molecule has 0 N–H and O–H groups in total. The molecule has 0 radical (unpaired) electrons. The summed E-state index contributed by atoms with van der Waals surface area (Å²) in [4.78, 5) is 16.5. The molecular weight excluding hydrogens is 509 g/mol. The molecule has 7 nitrogen and oxygen atoms in total. The van der Waals surface area contributed by atoms with Gasteiger partial charge in [-0.2, -0.15) is 0 Å². The van der Waals surface area contributed by atoms with Gasteiger partial charge in [-0.25, -0.2) is 9.78 Å². The number of imidazole rings is 1. The minimum atomic E-state index is -2.19. The minimum absolute atomic E-state index is 0.000652. The highest BCUT2D eigenvalue weighted by molar-refractivity contribution is 7.80. The molecule has 1 fully saturated rings. The van der Waals surface area contributed by atoms with Crippen LogP contribution in [-0.4, -0.2) is 62.2 Å². The molecule has 0 amide bonds. The van der Waals surface area contributed by atoms with Gasteiger partial charge in [-0.1, -0.05) is 47.1 Å². The zero-order valence-electron chi connectivity index (χ0n) is 24.0. The predicted molar refractivity (Wildman–Crippen MR) is 153 cm³/mol. The maximum absolute atomic E-state index is 12.4. The summed E-state index contributed by atoms with van der Waals surface area (Å²) in [7, 11) is -4.38. The van der Waals surface area contributed by atoms with Crippen LogP contribution in [0.5, 0.6) is 0 Å². The molecule has 204 valence electrons. The van der Waals surface area contributed by atoms with Gasteiger partial charge in [0.15, 0.2) is 22.7 Å². The molecule has 2 atom stereocenters. The first-order valence-corrected chi connectivity index (χ1v) is 19.0. The Labute approximate surface area is 225 Å². The first-order chi connectivity index (χ1) is 16.4. The molecule has 1 saturated carbocycles. The first-order valence-electron chi connectivity index (χ1n) is 12.8. The van der Waals surface area contributed by atoms with E-state index in [0.717, 1.165) is 5.57 Å². The molecule has 1 aromatic heterocycles. The molecule has 10 heteroatoms. The van der Waals surface area contributed by atoms with Crippen molar-refractivity contribution in [3.8, 4) is 0 Å². The van der Waals surface area contributed by atoms with Gasteiger partial charge in [-0.15, -0.1) is 0 Å². The van der Waals surface area contributed by atoms with Crippen molar-refractivity contribution < 1.29 is 23.1 Å². The second-order valence-electron chi connectivity index (χ2n) is 12.6. The number of hydrogen-bond donors (Lipinski definition) is 0. The van der Waals surface area contributed by atoms with E-state index in [2.05, 4.69) is 72.7 Å². The van der Waals surface area contributed by atoms with Crippen molar-refractivity contribution in [2.45, 2.75) is 116 Å². The van der Waals surface area contributed by atoms with Gasteiger partial charge in [-0.05, 0) is 68.2 Å². The number of thiocarbonyl (C=S) groups is 1. The molecule has 0 bridgehead atoms. The molecule has 36 heavy (non-hydrogen) atoms. The third kappa shape index (κ3) is 7.83. The lowest BCUT2D eigenvalue weighted by Crippen LogP contribution is -2.57. The van der Waals surface area contributed by atoms with Gasteiger partial charge in [0.1, 0.15) is 6.33 Å². The summed E-state index contributed by atoms with van der Waals surface area (Å²) < 4.78 is 27.3. The van der Waals surface area contributed by atoms with E-state index >= 15 is 0 Å². The molecule has 1 aromatic rings. The lowest BCUT2D eigenvalue weighted by Gasteiger charge is -2.48. The standard InChI is InChI=1S/C26H46N2O5SSi2/c1-12-30-22(29)17-19-15-20(32-35(8,9)25(2,3)4)23(31-24(34)28-14-13-27-18-28)21(16-19)33-36(10,11)26(5,6)7/h13-14,17-18,20-21,23H,12,15-16H2,1-11H3/t20-,21-,23?/m1/s1. The molecule has 0 saturated heterocycles. The number of aromatic nitrogens is 2. The number of carbonyl (C=O) groups excluding carboxylic acids is 1. The normalized spacial score (nSPS) is 21.8. The smallest absolute Gasteiger partial charge is 0.330 e. The fourth-order valence-corrected chi connectivity index (χ4v) is 6.44. The molecule has 0 spiro atoms. The number of nitrogens with zero attached hydrogens (tertiary/aromatic N) is 2. The summed E-state index contributed by atoms with van der Waals surface area (Å²) in [5.41, 5.74) is 0.953. The van der Waals surface area contributed by atoms with E-state index in [4.69, 9.17) is 30.5 Å². The van der Waals surface area contributed by atoms with Gasteiger partial charge in [0.05, 0.1) is 18.8 Å². The molecule has 0 aliphatic heterocycles. The second kappa shape index (κ2) is 11.6. The number of carbonyl (C=O) groups is 1. The quantitative estimate of drug-likeness (QED) is 0.166. The monoisotopic (exact) mass is 554 g/mol. The zero-order valence-corrected chi connectivity index (χ0v) is 26.8. The van der Waals surface area contributed by atoms with Crippen molar-refractivity contribution in [2.24, 2.45) is 0 Å². The Bertz CT molecular complexity index is 893. The van der Waals surface area contributed by atoms with Crippen LogP contribution in [0, 0.1) is 0 Å². The summed E-state index contributed by atoms with van der Waals surface area (Å²) in [6.07, 6.45) is 6.72. The van der Waals surface area contributed by atoms with Crippen molar-refractivity contribution in [1.82, 2.24) is 9.55 Å². The average molecular weight is 555 g/mol. The Kier molecular flexibility index (Phi) is 9.94. The van der Waals surface area contributed by atoms with E-state index in [1.807, 2.05) is 6.92 Å². The van der Waals surface area contributed by atoms with Crippen molar-refractivity contribution in [2.75, 3.05) is 6.61 Å². The van der Waals surface area contributed by atoms with E-state index in [-0.39, 0.29) is 28.3 Å². The number of rotatable bonds is 7. The average Bonchev–Trinajstić information content (AvgIpc) is 3.23. The van der Waals surface area contributed by atoms with E-state index in [9.17, 15) is 4.79 Å². The van der Waals surface area contributed by atoms with E-state index < -0.39 is 22.7 Å². The minimum Gasteiger partial charge on any atom is -0.463 e. The largest absolute Gasteiger partial charge is 0.463 e. The number of esters is 1. The summed E-state index contributed by atoms with van der Waals surface area (Å²) in [6, 6.07) is 0. The van der Waals surface area contributed by atoms with Gasteiger partial charge < -0.3 is 18.3 Å². The van der Waals surface area contributed by atoms with E-state index in [1.54, 1.807) is 29.4 Å². The number of hydrogen-bond acceptors (Lipinski definition) is 7. The van der Waals surface area contributed by atoms with E-state index in [0.29, 0.717) is 24.6 Å². The Balaban J connectivity index is 2.53. The second-order valence-corrected chi connectivity index (χ2v) is 22.5. The third-order valence-corrected chi connectivity index (χ3v) is 17.0. The lowest BCUT2D eigenvalue weighted by atomic mass is 9.87. The van der Waals surface area contributed by atoms with Crippen LogP contribution < -0.4 is 0 Å². The molecule has 2 rings (SSSR count). The highest BCUT2D eigenvalue weighted by Gasteiger charge is 2.49. The van der Waals surface area contributed by atoms with E-state index in [1.165, 1.54) is 0 Å². The molecule has 1 heterocycles. The third-order valence-electron chi connectivity index (χ3n) is 7.72. The molecule has 0 aromatic carbocycles. The number of ether oxygens (including phenoxy) is 2. The summed E-state index contributed by atoms with van der Waals surface area (Å²) >= 11 is 5.65. The Morgan fingerprint density at radius 3 is 1.94 bits per heavy atom. The van der Waals surface area contributed by atoms with Crippen LogP contribution in [0.2, 0.25) is 36.3 Å². The first kappa shape index (κ1) is 30.9. The van der Waals surface area contributed by atoms with Crippen molar-refractivity contribution in [3.05, 3.63) is 30.4 Å². The van der Waals surface area contributed by atoms with Crippen LogP contribution >= 0.6 is 12.2 Å². The van der Waals surface area contributed by atoms with Crippen molar-refractivity contribution in [3.63, 3.8) is 0 Å². The van der Waals surface area contributed by atoms with Crippen LogP contribution in [0.25, 0.3) is 0 Å². The van der Waals surface area contributed by atoms with Crippen molar-refractivity contribution in [1.29, 1.82) is 0 Å². The highest BCUT2D eigenvalue weighted by atomic mass is 32.1. The molecular formula is C26H46N2O5SSi2. The van der Waals surface area contributed by atoms with Crippen LogP contribution in [0.1, 0.15) is 61.3 Å². The Morgan fingerprint density at radius 2 is 1.56 bits per heavy atom. The van der Waals surface area contributed by atoms with Gasteiger partial charge in [-0.3, -0.25) is 4.57 Å². The Morgan fingerprint density at radius 1 is 1.06 bits per heavy atom. The fourth-order valence-electron chi connectivity index (χ4n) is 3.56. The maximum atomic E-state index is 12.4. The molecule has 0 unspecified atom stereocenters. The predicted octanol–water partition coefficient (Wildman–Crippen LogP) is 6.47. The zero-order chi connectivity index (χ0) is 27.5. The summed E-state index contributed by atoms with van der Waals surface area (Å²) in [5.74, 6) is -0.335.